The molecule has 5 nitrogen and oxygen atoms in total. The average Bonchev–Trinajstić information content (AvgIpc) is 3.25. The van der Waals surface area contributed by atoms with E-state index in [9.17, 15) is 0 Å². The minimum atomic E-state index is 0.723. The Morgan fingerprint density at radius 2 is 1.68 bits per heavy atom. The largest absolute Gasteiger partial charge is 0.360 e. The summed E-state index contributed by atoms with van der Waals surface area (Å²) in [6.45, 7) is 1.90. The van der Waals surface area contributed by atoms with Crippen molar-refractivity contribution in [1.82, 2.24) is 19.8 Å². The number of nitrogens with zero attached hydrogens (tertiary/aromatic N) is 4. The molecule has 0 amide bonds. The number of hydrogen-bond donors (Lipinski definition) is 0. The van der Waals surface area contributed by atoms with E-state index in [0.29, 0.717) is 0 Å². The Morgan fingerprint density at radius 3 is 2.56 bits per heavy atom. The zero-order valence-corrected chi connectivity index (χ0v) is 13.5. The monoisotopic (exact) mass is 326 g/mol. The van der Waals surface area contributed by atoms with Crippen LogP contribution in [0, 0.1) is 6.92 Å². The molecule has 3 aromatic heterocycles. The molecular weight excluding hydrogens is 312 g/mol. The summed E-state index contributed by atoms with van der Waals surface area (Å²) in [5.74, 6) is 1.46. The van der Waals surface area contributed by atoms with Gasteiger partial charge in [-0.2, -0.15) is 0 Å². The van der Waals surface area contributed by atoms with Crippen molar-refractivity contribution in [1.29, 1.82) is 0 Å². The van der Waals surface area contributed by atoms with Gasteiger partial charge < -0.3 is 4.52 Å². The lowest BCUT2D eigenvalue weighted by atomic mass is 10.1. The molecule has 0 saturated heterocycles. The molecular formula is C20H14N4O. The molecule has 5 aromatic rings. The zero-order valence-electron chi connectivity index (χ0n) is 13.5. The van der Waals surface area contributed by atoms with Crippen molar-refractivity contribution in [2.45, 2.75) is 6.92 Å². The van der Waals surface area contributed by atoms with Crippen LogP contribution in [-0.4, -0.2) is 19.8 Å². The summed E-state index contributed by atoms with van der Waals surface area (Å²) in [5.41, 5.74) is 3.47. The second-order valence-electron chi connectivity index (χ2n) is 5.95. The van der Waals surface area contributed by atoms with Crippen molar-refractivity contribution in [2.24, 2.45) is 0 Å². The number of aromatic nitrogens is 4. The predicted molar refractivity (Wildman–Crippen MR) is 96.2 cm³/mol. The summed E-state index contributed by atoms with van der Waals surface area (Å²) in [6.07, 6.45) is 1.99. The molecule has 3 heterocycles. The number of benzene rings is 2. The first-order valence-corrected chi connectivity index (χ1v) is 8.07. The first-order chi connectivity index (χ1) is 12.3. The standard InChI is InChI=1S/C20H14N4O/c1-13-17(18(23-25-13)15-8-3-2-4-9-15)20-22-21-19-16-10-6-5-7-14(16)11-12-24(19)20/h2-12H,1H3. The molecule has 120 valence electrons. The van der Waals surface area contributed by atoms with Gasteiger partial charge in [0.25, 0.3) is 0 Å². The van der Waals surface area contributed by atoms with E-state index in [2.05, 4.69) is 33.6 Å². The van der Waals surface area contributed by atoms with Gasteiger partial charge in [-0.3, -0.25) is 4.40 Å². The van der Waals surface area contributed by atoms with Gasteiger partial charge in [0, 0.05) is 17.1 Å². The van der Waals surface area contributed by atoms with Gasteiger partial charge in [0.1, 0.15) is 11.5 Å². The molecule has 0 unspecified atom stereocenters. The van der Waals surface area contributed by atoms with Gasteiger partial charge in [-0.15, -0.1) is 10.2 Å². The first kappa shape index (κ1) is 13.9. The third kappa shape index (κ3) is 2.06. The number of pyridine rings is 1. The summed E-state index contributed by atoms with van der Waals surface area (Å²) in [5, 5.41) is 15.3. The fourth-order valence-electron chi connectivity index (χ4n) is 3.22. The second-order valence-corrected chi connectivity index (χ2v) is 5.95. The Balaban J connectivity index is 1.81. The molecule has 5 heteroatoms. The molecule has 0 aliphatic heterocycles. The third-order valence-corrected chi connectivity index (χ3v) is 4.43. The highest BCUT2D eigenvalue weighted by atomic mass is 16.5. The summed E-state index contributed by atoms with van der Waals surface area (Å²) >= 11 is 0. The Kier molecular flexibility index (Phi) is 2.94. The molecule has 0 radical (unpaired) electrons. The van der Waals surface area contributed by atoms with E-state index >= 15 is 0 Å². The Morgan fingerprint density at radius 1 is 0.880 bits per heavy atom. The van der Waals surface area contributed by atoms with Crippen LogP contribution in [0.4, 0.5) is 0 Å². The second kappa shape index (κ2) is 5.27. The highest BCUT2D eigenvalue weighted by molar-refractivity contribution is 5.94. The Hall–Kier alpha value is -3.47. The summed E-state index contributed by atoms with van der Waals surface area (Å²) in [7, 11) is 0. The minimum absolute atomic E-state index is 0.723. The van der Waals surface area contributed by atoms with Crippen LogP contribution < -0.4 is 0 Å². The van der Waals surface area contributed by atoms with Gasteiger partial charge in [-0.25, -0.2) is 0 Å². The average molecular weight is 326 g/mol. The Labute approximate surface area is 143 Å². The van der Waals surface area contributed by atoms with Crippen molar-refractivity contribution in [3.63, 3.8) is 0 Å². The van der Waals surface area contributed by atoms with Crippen LogP contribution in [0.1, 0.15) is 5.76 Å². The van der Waals surface area contributed by atoms with E-state index in [0.717, 1.165) is 44.8 Å². The van der Waals surface area contributed by atoms with Gasteiger partial charge in [-0.05, 0) is 18.4 Å². The van der Waals surface area contributed by atoms with E-state index in [1.165, 1.54) is 0 Å². The smallest absolute Gasteiger partial charge is 0.174 e. The van der Waals surface area contributed by atoms with Crippen molar-refractivity contribution in [3.05, 3.63) is 72.6 Å². The molecule has 0 saturated carbocycles. The zero-order chi connectivity index (χ0) is 16.8. The lowest BCUT2D eigenvalue weighted by Crippen LogP contribution is -1.92. The fraction of sp³-hybridized carbons (Fsp3) is 0.0500. The normalized spacial score (nSPS) is 11.4. The van der Waals surface area contributed by atoms with Crippen LogP contribution in [0.2, 0.25) is 0 Å². The minimum Gasteiger partial charge on any atom is -0.360 e. The molecule has 25 heavy (non-hydrogen) atoms. The highest BCUT2D eigenvalue weighted by Crippen LogP contribution is 2.34. The van der Waals surface area contributed by atoms with Gasteiger partial charge in [0.2, 0.25) is 0 Å². The number of hydrogen-bond acceptors (Lipinski definition) is 4. The fourth-order valence-corrected chi connectivity index (χ4v) is 3.22. The number of aryl methyl sites for hydroxylation is 1. The summed E-state index contributed by atoms with van der Waals surface area (Å²) < 4.78 is 7.47. The Bertz CT molecular complexity index is 1200. The predicted octanol–water partition coefficient (Wildman–Crippen LogP) is 4.51. The van der Waals surface area contributed by atoms with E-state index in [1.807, 2.05) is 60.0 Å². The molecule has 0 aliphatic carbocycles. The van der Waals surface area contributed by atoms with Crippen molar-refractivity contribution >= 4 is 16.4 Å². The molecule has 5 rings (SSSR count). The van der Waals surface area contributed by atoms with E-state index in [-0.39, 0.29) is 0 Å². The quantitative estimate of drug-likeness (QED) is 0.479. The molecule has 0 atom stereocenters. The summed E-state index contributed by atoms with van der Waals surface area (Å²) in [4.78, 5) is 0. The van der Waals surface area contributed by atoms with Gasteiger partial charge in [-0.1, -0.05) is 59.8 Å². The van der Waals surface area contributed by atoms with E-state index in [1.54, 1.807) is 0 Å². The molecule has 0 N–H and O–H groups in total. The van der Waals surface area contributed by atoms with E-state index in [4.69, 9.17) is 4.52 Å². The van der Waals surface area contributed by atoms with Crippen LogP contribution in [0.15, 0.2) is 71.4 Å². The molecule has 0 spiro atoms. The van der Waals surface area contributed by atoms with Crippen LogP contribution in [0.5, 0.6) is 0 Å². The number of fused-ring (bicyclic) bond motifs is 3. The number of rotatable bonds is 2. The lowest BCUT2D eigenvalue weighted by molar-refractivity contribution is 0.400. The highest BCUT2D eigenvalue weighted by Gasteiger charge is 2.21. The van der Waals surface area contributed by atoms with E-state index < -0.39 is 0 Å². The van der Waals surface area contributed by atoms with Crippen LogP contribution >= 0.6 is 0 Å². The van der Waals surface area contributed by atoms with Crippen molar-refractivity contribution in [2.75, 3.05) is 0 Å². The van der Waals surface area contributed by atoms with Gasteiger partial charge >= 0.3 is 0 Å². The summed E-state index contributed by atoms with van der Waals surface area (Å²) in [6, 6.07) is 20.2. The molecule has 2 aromatic carbocycles. The van der Waals surface area contributed by atoms with Crippen LogP contribution in [0.3, 0.4) is 0 Å². The van der Waals surface area contributed by atoms with Crippen LogP contribution in [0.25, 0.3) is 39.1 Å². The van der Waals surface area contributed by atoms with Gasteiger partial charge in [0.05, 0.1) is 5.56 Å². The molecule has 0 fully saturated rings. The maximum absolute atomic E-state index is 5.48. The maximum Gasteiger partial charge on any atom is 0.174 e. The van der Waals surface area contributed by atoms with Crippen molar-refractivity contribution in [3.8, 4) is 22.6 Å². The first-order valence-electron chi connectivity index (χ1n) is 8.07. The van der Waals surface area contributed by atoms with Gasteiger partial charge in [0.15, 0.2) is 11.5 Å². The maximum atomic E-state index is 5.48. The molecule has 0 aliphatic rings. The van der Waals surface area contributed by atoms with Crippen LogP contribution in [-0.2, 0) is 0 Å². The SMILES string of the molecule is Cc1onc(-c2ccccc2)c1-c1nnc2c3ccccc3ccn12. The lowest BCUT2D eigenvalue weighted by Gasteiger charge is -2.03. The topological polar surface area (TPSA) is 56.2 Å². The molecule has 0 bridgehead atoms. The third-order valence-electron chi connectivity index (χ3n) is 4.43. The van der Waals surface area contributed by atoms with Crippen molar-refractivity contribution < 1.29 is 4.52 Å².